The molecule has 1 aromatic carbocycles. The lowest BCUT2D eigenvalue weighted by atomic mass is 10.2. The van der Waals surface area contributed by atoms with Crippen molar-refractivity contribution in [3.63, 3.8) is 0 Å². The number of hydrogen-bond donors (Lipinski definition) is 1. The van der Waals surface area contributed by atoms with Gasteiger partial charge >= 0.3 is 0 Å². The number of nitrogens with zero attached hydrogens (tertiary/aromatic N) is 1. The largest absolute Gasteiger partial charge is 0.481 e. The maximum atomic E-state index is 11.8. The SMILES string of the molecule is Cc1ccc(OC(C)C(=O)NC2=NCCS2)cc1. The summed E-state index contributed by atoms with van der Waals surface area (Å²) in [5.74, 6) is 1.47. The summed E-state index contributed by atoms with van der Waals surface area (Å²) in [6, 6.07) is 7.63. The number of ether oxygens (including phenoxy) is 1. The summed E-state index contributed by atoms with van der Waals surface area (Å²) in [5.41, 5.74) is 1.16. The van der Waals surface area contributed by atoms with Crippen LogP contribution in [0.15, 0.2) is 29.3 Å². The van der Waals surface area contributed by atoms with E-state index in [1.165, 1.54) is 0 Å². The maximum Gasteiger partial charge on any atom is 0.266 e. The van der Waals surface area contributed by atoms with Gasteiger partial charge in [0.15, 0.2) is 11.3 Å². The van der Waals surface area contributed by atoms with E-state index in [1.54, 1.807) is 18.7 Å². The lowest BCUT2D eigenvalue weighted by molar-refractivity contribution is -0.125. The first-order chi connectivity index (χ1) is 8.65. The van der Waals surface area contributed by atoms with Crippen LogP contribution in [-0.2, 0) is 4.79 Å². The first kappa shape index (κ1) is 13.0. The maximum absolute atomic E-state index is 11.8. The molecule has 0 fully saturated rings. The number of rotatable bonds is 3. The van der Waals surface area contributed by atoms with Crippen LogP contribution in [0.4, 0.5) is 0 Å². The molecule has 0 radical (unpaired) electrons. The van der Waals surface area contributed by atoms with Crippen LogP contribution in [0.2, 0.25) is 0 Å². The highest BCUT2D eigenvalue weighted by Crippen LogP contribution is 2.14. The summed E-state index contributed by atoms with van der Waals surface area (Å²) < 4.78 is 5.57. The van der Waals surface area contributed by atoms with Gasteiger partial charge in [-0.1, -0.05) is 29.5 Å². The van der Waals surface area contributed by atoms with Crippen molar-refractivity contribution in [2.24, 2.45) is 4.99 Å². The van der Waals surface area contributed by atoms with Gasteiger partial charge in [-0.2, -0.15) is 0 Å². The second-order valence-corrected chi connectivity index (χ2v) is 5.18. The number of carbonyl (C=O) groups is 1. The molecule has 1 amide bonds. The number of hydrogen-bond acceptors (Lipinski definition) is 4. The summed E-state index contributed by atoms with van der Waals surface area (Å²) >= 11 is 1.56. The Kier molecular flexibility index (Phi) is 4.25. The predicted molar refractivity (Wildman–Crippen MR) is 74.2 cm³/mol. The smallest absolute Gasteiger partial charge is 0.266 e. The summed E-state index contributed by atoms with van der Waals surface area (Å²) in [6.45, 7) is 4.51. The van der Waals surface area contributed by atoms with Crippen molar-refractivity contribution in [2.45, 2.75) is 20.0 Å². The average molecular weight is 264 g/mol. The molecule has 96 valence electrons. The molecule has 5 heteroatoms. The van der Waals surface area contributed by atoms with E-state index in [0.29, 0.717) is 10.9 Å². The zero-order valence-corrected chi connectivity index (χ0v) is 11.3. The van der Waals surface area contributed by atoms with Crippen LogP contribution in [0.3, 0.4) is 0 Å². The number of nitrogens with one attached hydrogen (secondary N) is 1. The van der Waals surface area contributed by atoms with Crippen LogP contribution in [0.25, 0.3) is 0 Å². The predicted octanol–water partition coefficient (Wildman–Crippen LogP) is 1.98. The van der Waals surface area contributed by atoms with Gasteiger partial charge in [0.05, 0.1) is 6.54 Å². The van der Waals surface area contributed by atoms with Crippen LogP contribution in [0.1, 0.15) is 12.5 Å². The molecule has 1 aliphatic heterocycles. The van der Waals surface area contributed by atoms with Crippen molar-refractivity contribution >= 4 is 22.8 Å². The van der Waals surface area contributed by atoms with Gasteiger partial charge in [-0.15, -0.1) is 0 Å². The highest BCUT2D eigenvalue weighted by Gasteiger charge is 2.18. The van der Waals surface area contributed by atoms with E-state index in [9.17, 15) is 4.79 Å². The van der Waals surface area contributed by atoms with Crippen LogP contribution >= 0.6 is 11.8 Å². The Labute approximate surface area is 111 Å². The number of amides is 1. The molecular formula is C13H16N2O2S. The molecule has 1 aromatic rings. The number of aryl methyl sites for hydroxylation is 1. The van der Waals surface area contributed by atoms with Crippen LogP contribution in [-0.4, -0.2) is 29.5 Å². The molecule has 1 atom stereocenters. The summed E-state index contributed by atoms with van der Waals surface area (Å²) in [4.78, 5) is 16.0. The molecule has 0 saturated carbocycles. The minimum atomic E-state index is -0.531. The fourth-order valence-electron chi connectivity index (χ4n) is 1.49. The van der Waals surface area contributed by atoms with Crippen LogP contribution in [0, 0.1) is 6.92 Å². The summed E-state index contributed by atoms with van der Waals surface area (Å²) in [7, 11) is 0. The topological polar surface area (TPSA) is 50.7 Å². The van der Waals surface area contributed by atoms with E-state index in [0.717, 1.165) is 17.9 Å². The van der Waals surface area contributed by atoms with E-state index in [2.05, 4.69) is 10.3 Å². The van der Waals surface area contributed by atoms with E-state index in [-0.39, 0.29) is 5.91 Å². The van der Waals surface area contributed by atoms with Gasteiger partial charge in [0, 0.05) is 5.75 Å². The van der Waals surface area contributed by atoms with Gasteiger partial charge in [0.2, 0.25) is 0 Å². The molecular weight excluding hydrogens is 248 g/mol. The molecule has 0 spiro atoms. The number of benzene rings is 1. The normalized spacial score (nSPS) is 16.0. The van der Waals surface area contributed by atoms with E-state index in [4.69, 9.17) is 4.74 Å². The van der Waals surface area contributed by atoms with Crippen LogP contribution in [0.5, 0.6) is 5.75 Å². The van der Waals surface area contributed by atoms with Crippen molar-refractivity contribution in [3.05, 3.63) is 29.8 Å². The molecule has 1 unspecified atom stereocenters. The van der Waals surface area contributed by atoms with Gasteiger partial charge in [0.25, 0.3) is 5.91 Å². The number of aliphatic imine (C=N–C) groups is 1. The summed E-state index contributed by atoms with van der Waals surface area (Å²) in [6.07, 6.45) is -0.531. The fraction of sp³-hybridized carbons (Fsp3) is 0.385. The van der Waals surface area contributed by atoms with Crippen molar-refractivity contribution in [2.75, 3.05) is 12.3 Å². The fourth-order valence-corrected chi connectivity index (χ4v) is 2.22. The molecule has 0 aromatic heterocycles. The summed E-state index contributed by atoms with van der Waals surface area (Å²) in [5, 5.41) is 3.45. The lowest BCUT2D eigenvalue weighted by Crippen LogP contribution is -2.38. The minimum Gasteiger partial charge on any atom is -0.481 e. The molecule has 0 bridgehead atoms. The third-order valence-electron chi connectivity index (χ3n) is 2.52. The van der Waals surface area contributed by atoms with Gasteiger partial charge in [0.1, 0.15) is 5.75 Å². The monoisotopic (exact) mass is 264 g/mol. The quantitative estimate of drug-likeness (QED) is 0.908. The number of thioether (sulfide) groups is 1. The molecule has 0 aliphatic carbocycles. The van der Waals surface area contributed by atoms with Crippen molar-refractivity contribution < 1.29 is 9.53 Å². The Hall–Kier alpha value is -1.49. The van der Waals surface area contributed by atoms with Crippen LogP contribution < -0.4 is 10.1 Å². The molecule has 1 aliphatic rings. The molecule has 18 heavy (non-hydrogen) atoms. The van der Waals surface area contributed by atoms with E-state index in [1.807, 2.05) is 31.2 Å². The highest BCUT2D eigenvalue weighted by molar-refractivity contribution is 8.14. The Morgan fingerprint density at radius 3 is 2.78 bits per heavy atom. The first-order valence-electron chi connectivity index (χ1n) is 5.86. The third kappa shape index (κ3) is 3.50. The molecule has 0 saturated heterocycles. The molecule has 1 N–H and O–H groups in total. The second-order valence-electron chi connectivity index (χ2n) is 4.10. The van der Waals surface area contributed by atoms with Crippen molar-refractivity contribution in [3.8, 4) is 5.75 Å². The zero-order chi connectivity index (χ0) is 13.0. The third-order valence-corrected chi connectivity index (χ3v) is 3.41. The minimum absolute atomic E-state index is 0.163. The average Bonchev–Trinajstić information content (AvgIpc) is 2.85. The second kappa shape index (κ2) is 5.91. The van der Waals surface area contributed by atoms with Crippen molar-refractivity contribution in [1.29, 1.82) is 0 Å². The molecule has 2 rings (SSSR count). The lowest BCUT2D eigenvalue weighted by Gasteiger charge is -2.14. The Balaban J connectivity index is 1.88. The zero-order valence-electron chi connectivity index (χ0n) is 10.5. The first-order valence-corrected chi connectivity index (χ1v) is 6.85. The standard InChI is InChI=1S/C13H16N2O2S/c1-9-3-5-11(6-4-9)17-10(2)12(16)15-13-14-7-8-18-13/h3-6,10H,7-8H2,1-2H3,(H,14,15,16). The Morgan fingerprint density at radius 1 is 1.44 bits per heavy atom. The van der Waals surface area contributed by atoms with Gasteiger partial charge in [-0.3, -0.25) is 9.79 Å². The van der Waals surface area contributed by atoms with Gasteiger partial charge < -0.3 is 10.1 Å². The van der Waals surface area contributed by atoms with Crippen molar-refractivity contribution in [1.82, 2.24) is 5.32 Å². The Bertz CT molecular complexity index is 457. The molecule has 4 nitrogen and oxygen atoms in total. The highest BCUT2D eigenvalue weighted by atomic mass is 32.2. The van der Waals surface area contributed by atoms with E-state index < -0.39 is 6.10 Å². The van der Waals surface area contributed by atoms with Gasteiger partial charge in [-0.25, -0.2) is 0 Å². The Morgan fingerprint density at radius 2 is 2.17 bits per heavy atom. The van der Waals surface area contributed by atoms with Gasteiger partial charge in [-0.05, 0) is 26.0 Å². The number of carbonyl (C=O) groups excluding carboxylic acids is 1. The molecule has 1 heterocycles. The number of amidine groups is 1. The van der Waals surface area contributed by atoms with E-state index >= 15 is 0 Å².